The third-order valence-corrected chi connectivity index (χ3v) is 6.09. The maximum absolute atomic E-state index is 13.5. The van der Waals surface area contributed by atoms with Crippen LogP contribution in [0.1, 0.15) is 11.1 Å². The molecule has 1 aromatic carbocycles. The van der Waals surface area contributed by atoms with Crippen LogP contribution in [0.4, 0.5) is 24.8 Å². The molecule has 0 radical (unpaired) electrons. The Hall–Kier alpha value is -3.61. The minimum absolute atomic E-state index is 0.196. The van der Waals surface area contributed by atoms with Crippen LogP contribution in [0.25, 0.3) is 16.7 Å². The molecule has 192 valence electrons. The van der Waals surface area contributed by atoms with E-state index in [0.717, 1.165) is 12.1 Å². The largest absolute Gasteiger partial charge is 0.450 e. The third kappa shape index (κ3) is 4.87. The molecule has 5 rings (SSSR count). The Balaban J connectivity index is 1.51. The van der Waals surface area contributed by atoms with Gasteiger partial charge >= 0.3 is 6.18 Å². The van der Waals surface area contributed by atoms with E-state index >= 15 is 0 Å². The second-order valence-electron chi connectivity index (χ2n) is 8.50. The molecule has 0 atom stereocenters. The molecule has 0 aliphatic rings. The first-order chi connectivity index (χ1) is 17.5. The van der Waals surface area contributed by atoms with Crippen LogP contribution in [-0.2, 0) is 19.8 Å². The predicted molar refractivity (Wildman–Crippen MR) is 134 cm³/mol. The van der Waals surface area contributed by atoms with Gasteiger partial charge in [0.05, 0.1) is 18.0 Å². The molecule has 0 fully saturated rings. The van der Waals surface area contributed by atoms with Crippen molar-refractivity contribution in [3.05, 3.63) is 64.3 Å². The Labute approximate surface area is 218 Å². The molecule has 9 nitrogen and oxygen atoms in total. The molecule has 1 N–H and O–H groups in total. The van der Waals surface area contributed by atoms with E-state index in [9.17, 15) is 13.2 Å². The van der Waals surface area contributed by atoms with Crippen molar-refractivity contribution in [2.24, 2.45) is 7.05 Å². The number of halogens is 5. The Morgan fingerprint density at radius 1 is 1.05 bits per heavy atom. The molecular weight excluding hydrogens is 532 g/mol. The molecule has 4 aromatic heterocycles. The highest BCUT2D eigenvalue weighted by Gasteiger charge is 2.31. The zero-order valence-corrected chi connectivity index (χ0v) is 21.2. The van der Waals surface area contributed by atoms with Crippen molar-refractivity contribution < 1.29 is 17.9 Å². The lowest BCUT2D eigenvalue weighted by molar-refractivity contribution is -0.137. The van der Waals surface area contributed by atoms with Crippen molar-refractivity contribution in [3.8, 4) is 11.5 Å². The maximum Gasteiger partial charge on any atom is 0.416 e. The monoisotopic (exact) mass is 550 g/mol. The zero-order chi connectivity index (χ0) is 26.5. The molecule has 0 unspecified atom stereocenters. The molecule has 4 heterocycles. The minimum Gasteiger partial charge on any atom is -0.450 e. The zero-order valence-electron chi connectivity index (χ0n) is 19.7. The smallest absolute Gasteiger partial charge is 0.416 e. The van der Waals surface area contributed by atoms with E-state index in [2.05, 4.69) is 25.4 Å². The highest BCUT2D eigenvalue weighted by Crippen LogP contribution is 2.38. The lowest BCUT2D eigenvalue weighted by Crippen LogP contribution is -2.13. The van der Waals surface area contributed by atoms with E-state index in [0.29, 0.717) is 28.9 Å². The second-order valence-corrected chi connectivity index (χ2v) is 9.24. The summed E-state index contributed by atoms with van der Waals surface area (Å²) >= 11 is 12.8. The van der Waals surface area contributed by atoms with Crippen molar-refractivity contribution in [2.75, 3.05) is 19.4 Å². The molecule has 37 heavy (non-hydrogen) atoms. The molecule has 14 heteroatoms. The van der Waals surface area contributed by atoms with Crippen LogP contribution in [-0.4, -0.2) is 48.1 Å². The molecule has 0 bridgehead atoms. The van der Waals surface area contributed by atoms with Gasteiger partial charge in [0.2, 0.25) is 5.95 Å². The molecule has 0 spiro atoms. The van der Waals surface area contributed by atoms with Gasteiger partial charge in [-0.25, -0.2) is 14.5 Å². The lowest BCUT2D eigenvalue weighted by Gasteiger charge is -2.16. The predicted octanol–water partition coefficient (Wildman–Crippen LogP) is 5.93. The van der Waals surface area contributed by atoms with Crippen LogP contribution in [0.3, 0.4) is 0 Å². The first-order valence-corrected chi connectivity index (χ1v) is 11.6. The van der Waals surface area contributed by atoms with Gasteiger partial charge in [0.15, 0.2) is 22.3 Å². The standard InChI is InChI=1S/C23H19Cl2F3N8O/c1-34(2)11-12-6-13(23(26,27)28)8-14(7-12)32-22-33-21-19(35(22)3)17(24)15(9-30-21)37-16-10-31-36-5-4-29-20(25)18(16)36/h4-10H,11H2,1-3H3,(H,30,32,33). The number of hydrogen-bond acceptors (Lipinski definition) is 7. The third-order valence-electron chi connectivity index (χ3n) is 5.45. The van der Waals surface area contributed by atoms with Crippen molar-refractivity contribution in [3.63, 3.8) is 0 Å². The summed E-state index contributed by atoms with van der Waals surface area (Å²) in [4.78, 5) is 14.6. The highest BCUT2D eigenvalue weighted by molar-refractivity contribution is 6.36. The molecule has 0 amide bonds. The number of anilines is 2. The number of fused-ring (bicyclic) bond motifs is 2. The molecule has 0 saturated carbocycles. The Kier molecular flexibility index (Phi) is 6.34. The summed E-state index contributed by atoms with van der Waals surface area (Å²) in [5.41, 5.74) is 1.11. The van der Waals surface area contributed by atoms with Crippen LogP contribution in [0, 0.1) is 0 Å². The van der Waals surface area contributed by atoms with Gasteiger partial charge in [-0.15, -0.1) is 0 Å². The van der Waals surface area contributed by atoms with Crippen LogP contribution in [0.5, 0.6) is 11.5 Å². The van der Waals surface area contributed by atoms with Gasteiger partial charge in [-0.05, 0) is 37.9 Å². The Morgan fingerprint density at radius 3 is 2.57 bits per heavy atom. The first-order valence-electron chi connectivity index (χ1n) is 10.8. The lowest BCUT2D eigenvalue weighted by atomic mass is 10.1. The van der Waals surface area contributed by atoms with Crippen LogP contribution < -0.4 is 10.1 Å². The van der Waals surface area contributed by atoms with E-state index in [1.165, 1.54) is 23.1 Å². The fourth-order valence-corrected chi connectivity index (χ4v) is 4.42. The SMILES string of the molecule is CN(C)Cc1cc(Nc2nc3ncc(Oc4cnn5ccnc(Cl)c45)c(Cl)c3n2C)cc(C(F)(F)F)c1. The Morgan fingerprint density at radius 2 is 1.84 bits per heavy atom. The summed E-state index contributed by atoms with van der Waals surface area (Å²) in [7, 11) is 5.23. The van der Waals surface area contributed by atoms with Crippen LogP contribution >= 0.6 is 23.2 Å². The van der Waals surface area contributed by atoms with Crippen molar-refractivity contribution in [2.45, 2.75) is 12.7 Å². The Bertz CT molecular complexity index is 1630. The number of benzene rings is 1. The van der Waals surface area contributed by atoms with Gasteiger partial charge in [-0.1, -0.05) is 23.2 Å². The number of nitrogens with one attached hydrogen (secondary N) is 1. The number of hydrogen-bond donors (Lipinski definition) is 1. The summed E-state index contributed by atoms with van der Waals surface area (Å²) in [6.07, 6.45) is 1.49. The van der Waals surface area contributed by atoms with Crippen molar-refractivity contribution >= 4 is 51.5 Å². The van der Waals surface area contributed by atoms with Crippen LogP contribution in [0.15, 0.2) is 43.0 Å². The van der Waals surface area contributed by atoms with E-state index in [1.54, 1.807) is 42.9 Å². The van der Waals surface area contributed by atoms with Gasteiger partial charge in [0.25, 0.3) is 0 Å². The molecule has 0 aliphatic heterocycles. The summed E-state index contributed by atoms with van der Waals surface area (Å²) in [6.45, 7) is 0.332. The highest BCUT2D eigenvalue weighted by atomic mass is 35.5. The maximum atomic E-state index is 13.5. The van der Waals surface area contributed by atoms with Crippen molar-refractivity contribution in [1.29, 1.82) is 0 Å². The number of alkyl halides is 3. The molecule has 5 aromatic rings. The van der Waals surface area contributed by atoms with Gasteiger partial charge in [0, 0.05) is 31.7 Å². The summed E-state index contributed by atoms with van der Waals surface area (Å²) in [5.74, 6) is 0.782. The summed E-state index contributed by atoms with van der Waals surface area (Å²) in [6, 6.07) is 3.80. The number of aryl methyl sites for hydroxylation is 1. The molecular formula is C23H19Cl2F3N8O. The number of aromatic nitrogens is 6. The number of nitrogens with zero attached hydrogens (tertiary/aromatic N) is 7. The van der Waals surface area contributed by atoms with Gasteiger partial charge in [0.1, 0.15) is 16.1 Å². The number of ether oxygens (including phenoxy) is 1. The normalized spacial score (nSPS) is 12.1. The van der Waals surface area contributed by atoms with Gasteiger partial charge in [-0.2, -0.15) is 23.3 Å². The summed E-state index contributed by atoms with van der Waals surface area (Å²) < 4.78 is 49.6. The van der Waals surface area contributed by atoms with E-state index in [-0.39, 0.29) is 33.2 Å². The minimum atomic E-state index is -4.50. The fourth-order valence-electron chi connectivity index (χ4n) is 3.88. The average Bonchev–Trinajstić information content (AvgIpc) is 3.36. The first kappa shape index (κ1) is 25.1. The van der Waals surface area contributed by atoms with Gasteiger partial charge < -0.3 is 19.5 Å². The topological polar surface area (TPSA) is 85.4 Å². The quantitative estimate of drug-likeness (QED) is 0.280. The molecule has 0 aliphatic carbocycles. The second kappa shape index (κ2) is 9.36. The van der Waals surface area contributed by atoms with Gasteiger partial charge in [-0.3, -0.25) is 0 Å². The van der Waals surface area contributed by atoms with Crippen LogP contribution in [0.2, 0.25) is 10.2 Å². The number of imidazole rings is 1. The average molecular weight is 551 g/mol. The van der Waals surface area contributed by atoms with E-state index in [1.807, 2.05) is 0 Å². The van der Waals surface area contributed by atoms with E-state index < -0.39 is 11.7 Å². The number of rotatable bonds is 6. The number of pyridine rings is 1. The molecule has 0 saturated heterocycles. The summed E-state index contributed by atoms with van der Waals surface area (Å²) in [5, 5.41) is 7.54. The fraction of sp³-hybridized carbons (Fsp3) is 0.217. The van der Waals surface area contributed by atoms with Crippen molar-refractivity contribution in [1.82, 2.24) is 34.0 Å². The van der Waals surface area contributed by atoms with E-state index in [4.69, 9.17) is 27.9 Å².